The lowest BCUT2D eigenvalue weighted by molar-refractivity contribution is -0.120. The zero-order valence-corrected chi connectivity index (χ0v) is 14.6. The first kappa shape index (κ1) is 18.3. The van der Waals surface area contributed by atoms with Gasteiger partial charge >= 0.3 is 0 Å². The Labute approximate surface area is 148 Å². The molecule has 5 heteroatoms. The molecular formula is C19H23ClN2O2. The van der Waals surface area contributed by atoms with Crippen LogP contribution in [0.25, 0.3) is 0 Å². The largest absolute Gasteiger partial charge is 0.497 e. The van der Waals surface area contributed by atoms with Gasteiger partial charge in [-0.15, -0.1) is 0 Å². The molecular weight excluding hydrogens is 324 g/mol. The molecule has 2 N–H and O–H groups in total. The molecule has 2 rings (SSSR count). The van der Waals surface area contributed by atoms with Crippen LogP contribution in [-0.2, 0) is 17.6 Å². The maximum absolute atomic E-state index is 11.8. The van der Waals surface area contributed by atoms with Crippen molar-refractivity contribution in [3.05, 3.63) is 64.7 Å². The van der Waals surface area contributed by atoms with Gasteiger partial charge in [0.05, 0.1) is 13.7 Å². The molecule has 128 valence electrons. The molecule has 0 heterocycles. The normalized spacial score (nSPS) is 10.4. The summed E-state index contributed by atoms with van der Waals surface area (Å²) in [6.45, 7) is 1.72. The second kappa shape index (κ2) is 9.96. The van der Waals surface area contributed by atoms with Gasteiger partial charge in [-0.2, -0.15) is 0 Å². The minimum Gasteiger partial charge on any atom is -0.497 e. The first-order valence-electron chi connectivity index (χ1n) is 8.02. The van der Waals surface area contributed by atoms with E-state index in [-0.39, 0.29) is 5.91 Å². The third kappa shape index (κ3) is 6.60. The van der Waals surface area contributed by atoms with Crippen molar-refractivity contribution in [1.29, 1.82) is 0 Å². The van der Waals surface area contributed by atoms with Gasteiger partial charge in [-0.05, 0) is 54.8 Å². The quantitative estimate of drug-likeness (QED) is 0.686. The van der Waals surface area contributed by atoms with Crippen molar-refractivity contribution in [3.8, 4) is 5.75 Å². The zero-order valence-electron chi connectivity index (χ0n) is 13.8. The van der Waals surface area contributed by atoms with Gasteiger partial charge in [0.2, 0.25) is 5.91 Å². The van der Waals surface area contributed by atoms with Crippen LogP contribution in [0.3, 0.4) is 0 Å². The molecule has 0 spiro atoms. The number of carbonyl (C=O) groups is 1. The van der Waals surface area contributed by atoms with Crippen molar-refractivity contribution < 1.29 is 9.53 Å². The van der Waals surface area contributed by atoms with Gasteiger partial charge < -0.3 is 15.4 Å². The van der Waals surface area contributed by atoms with Crippen LogP contribution in [-0.4, -0.2) is 32.7 Å². The summed E-state index contributed by atoms with van der Waals surface area (Å²) in [5, 5.41) is 6.79. The number of benzene rings is 2. The lowest BCUT2D eigenvalue weighted by atomic mass is 10.1. The number of ether oxygens (including phenoxy) is 1. The molecule has 2 aromatic carbocycles. The number of methoxy groups -OCH3 is 1. The Morgan fingerprint density at radius 2 is 1.54 bits per heavy atom. The molecule has 0 fully saturated rings. The first-order chi connectivity index (χ1) is 11.7. The fourth-order valence-electron chi connectivity index (χ4n) is 2.29. The van der Waals surface area contributed by atoms with Crippen LogP contribution in [0.4, 0.5) is 0 Å². The number of rotatable bonds is 9. The van der Waals surface area contributed by atoms with E-state index in [0.29, 0.717) is 13.1 Å². The summed E-state index contributed by atoms with van der Waals surface area (Å²) in [4.78, 5) is 11.8. The fourth-order valence-corrected chi connectivity index (χ4v) is 2.41. The molecule has 0 saturated heterocycles. The van der Waals surface area contributed by atoms with Crippen molar-refractivity contribution in [1.82, 2.24) is 10.6 Å². The molecule has 0 aliphatic carbocycles. The van der Waals surface area contributed by atoms with E-state index in [1.165, 1.54) is 5.56 Å². The van der Waals surface area contributed by atoms with E-state index < -0.39 is 0 Å². The number of hydrogen-bond donors (Lipinski definition) is 2. The second-order valence-corrected chi connectivity index (χ2v) is 5.94. The van der Waals surface area contributed by atoms with Gasteiger partial charge in [0.15, 0.2) is 0 Å². The van der Waals surface area contributed by atoms with E-state index in [1.807, 2.05) is 48.5 Å². The minimum absolute atomic E-state index is 0.0127. The molecule has 2 aromatic rings. The van der Waals surface area contributed by atoms with Crippen LogP contribution in [0.1, 0.15) is 11.1 Å². The summed E-state index contributed by atoms with van der Waals surface area (Å²) in [5.41, 5.74) is 2.37. The van der Waals surface area contributed by atoms with E-state index in [4.69, 9.17) is 16.3 Å². The molecule has 0 radical (unpaired) electrons. The van der Waals surface area contributed by atoms with Crippen molar-refractivity contribution in [3.63, 3.8) is 0 Å². The van der Waals surface area contributed by atoms with Gasteiger partial charge in [0, 0.05) is 11.6 Å². The van der Waals surface area contributed by atoms with Crippen LogP contribution in [0.5, 0.6) is 5.75 Å². The second-order valence-electron chi connectivity index (χ2n) is 5.50. The molecule has 0 aromatic heterocycles. The molecule has 4 nitrogen and oxygen atoms in total. The fraction of sp³-hybridized carbons (Fsp3) is 0.316. The van der Waals surface area contributed by atoms with Crippen LogP contribution >= 0.6 is 11.6 Å². The summed E-state index contributed by atoms with van der Waals surface area (Å²) < 4.78 is 5.13. The van der Waals surface area contributed by atoms with E-state index in [1.54, 1.807) is 7.11 Å². The van der Waals surface area contributed by atoms with Crippen molar-refractivity contribution >= 4 is 17.5 Å². The SMILES string of the molecule is COc1ccc(CCNCC(=O)NCCc2ccc(Cl)cc2)cc1. The Morgan fingerprint density at radius 1 is 0.958 bits per heavy atom. The molecule has 0 atom stereocenters. The Kier molecular flexibility index (Phi) is 7.59. The topological polar surface area (TPSA) is 50.4 Å². The van der Waals surface area contributed by atoms with E-state index in [9.17, 15) is 4.79 Å². The number of hydrogen-bond acceptors (Lipinski definition) is 3. The van der Waals surface area contributed by atoms with Gasteiger partial charge in [-0.25, -0.2) is 0 Å². The van der Waals surface area contributed by atoms with Crippen molar-refractivity contribution in [2.75, 3.05) is 26.7 Å². The van der Waals surface area contributed by atoms with Gasteiger partial charge in [0.1, 0.15) is 5.75 Å². The Hall–Kier alpha value is -2.04. The number of nitrogens with one attached hydrogen (secondary N) is 2. The maximum Gasteiger partial charge on any atom is 0.233 e. The van der Waals surface area contributed by atoms with E-state index in [0.717, 1.165) is 35.7 Å². The Balaban J connectivity index is 1.56. The average Bonchev–Trinajstić information content (AvgIpc) is 2.61. The van der Waals surface area contributed by atoms with Crippen LogP contribution in [0, 0.1) is 0 Å². The lowest BCUT2D eigenvalue weighted by Gasteiger charge is -2.07. The van der Waals surface area contributed by atoms with Crippen molar-refractivity contribution in [2.24, 2.45) is 0 Å². The summed E-state index contributed by atoms with van der Waals surface area (Å²) in [6, 6.07) is 15.6. The first-order valence-corrected chi connectivity index (χ1v) is 8.40. The highest BCUT2D eigenvalue weighted by atomic mass is 35.5. The average molecular weight is 347 g/mol. The predicted molar refractivity (Wildman–Crippen MR) is 97.7 cm³/mol. The molecule has 1 amide bonds. The monoisotopic (exact) mass is 346 g/mol. The summed E-state index contributed by atoms with van der Waals surface area (Å²) in [5.74, 6) is 0.866. The van der Waals surface area contributed by atoms with E-state index >= 15 is 0 Å². The predicted octanol–water partition coefficient (Wildman–Crippen LogP) is 2.84. The number of carbonyl (C=O) groups excluding carboxylic acids is 1. The summed E-state index contributed by atoms with van der Waals surface area (Å²) in [7, 11) is 1.65. The third-order valence-corrected chi connectivity index (χ3v) is 3.94. The zero-order chi connectivity index (χ0) is 17.2. The van der Waals surface area contributed by atoms with Gasteiger partial charge in [0.25, 0.3) is 0 Å². The molecule has 0 aliphatic rings. The van der Waals surface area contributed by atoms with Crippen LogP contribution in [0.2, 0.25) is 5.02 Å². The van der Waals surface area contributed by atoms with Gasteiger partial charge in [-0.1, -0.05) is 35.9 Å². The number of amides is 1. The van der Waals surface area contributed by atoms with Gasteiger partial charge in [-0.3, -0.25) is 4.79 Å². The smallest absolute Gasteiger partial charge is 0.233 e. The van der Waals surface area contributed by atoms with Crippen LogP contribution < -0.4 is 15.4 Å². The highest BCUT2D eigenvalue weighted by molar-refractivity contribution is 6.30. The maximum atomic E-state index is 11.8. The summed E-state index contributed by atoms with van der Waals surface area (Å²) in [6.07, 6.45) is 1.68. The molecule has 0 bridgehead atoms. The Bertz CT molecular complexity index is 627. The highest BCUT2D eigenvalue weighted by Crippen LogP contribution is 2.11. The lowest BCUT2D eigenvalue weighted by Crippen LogP contribution is -2.35. The molecule has 0 unspecified atom stereocenters. The minimum atomic E-state index is 0.0127. The molecule has 0 saturated carbocycles. The standard InChI is InChI=1S/C19H23ClN2O2/c1-24-18-8-4-16(5-9-18)10-12-21-14-19(23)22-13-11-15-2-6-17(20)7-3-15/h2-9,21H,10-14H2,1H3,(H,22,23). The summed E-state index contributed by atoms with van der Waals surface area (Å²) >= 11 is 5.84. The highest BCUT2D eigenvalue weighted by Gasteiger charge is 2.01. The van der Waals surface area contributed by atoms with Crippen molar-refractivity contribution in [2.45, 2.75) is 12.8 Å². The number of halogens is 1. The Morgan fingerprint density at radius 3 is 2.17 bits per heavy atom. The third-order valence-electron chi connectivity index (χ3n) is 3.68. The van der Waals surface area contributed by atoms with E-state index in [2.05, 4.69) is 10.6 Å². The van der Waals surface area contributed by atoms with Crippen LogP contribution in [0.15, 0.2) is 48.5 Å². The molecule has 0 aliphatic heterocycles. The molecule has 24 heavy (non-hydrogen) atoms.